The minimum absolute atomic E-state index is 0.0522. The van der Waals surface area contributed by atoms with Gasteiger partial charge < -0.3 is 10.6 Å². The molecule has 164 valence electrons. The van der Waals surface area contributed by atoms with E-state index in [-0.39, 0.29) is 17.0 Å². The number of rotatable bonds is 4. The van der Waals surface area contributed by atoms with Gasteiger partial charge in [0, 0.05) is 32.5 Å². The van der Waals surface area contributed by atoms with Crippen molar-refractivity contribution in [2.45, 2.75) is 45.2 Å². The number of aromatic nitrogens is 1. The monoisotopic (exact) mass is 479 g/mol. The Kier molecular flexibility index (Phi) is 5.33. The number of hydrogen-bond acceptors (Lipinski definition) is 6. The van der Waals surface area contributed by atoms with Crippen molar-refractivity contribution in [3.63, 3.8) is 0 Å². The number of amides is 1. The van der Waals surface area contributed by atoms with Crippen LogP contribution in [0.3, 0.4) is 0 Å². The Morgan fingerprint density at radius 2 is 1.94 bits per heavy atom. The van der Waals surface area contributed by atoms with Crippen LogP contribution < -0.4 is 10.6 Å². The highest BCUT2D eigenvalue weighted by Crippen LogP contribution is 2.50. The van der Waals surface area contributed by atoms with E-state index in [4.69, 9.17) is 4.98 Å². The lowest BCUT2D eigenvalue weighted by Crippen LogP contribution is -2.54. The summed E-state index contributed by atoms with van der Waals surface area (Å²) in [5, 5.41) is 10.8. The smallest absolute Gasteiger partial charge is 0.249 e. The van der Waals surface area contributed by atoms with Gasteiger partial charge in [-0.2, -0.15) is 0 Å². The fraction of sp³-hybridized carbons (Fsp3) is 0.280. The maximum Gasteiger partial charge on any atom is 0.249 e. The summed E-state index contributed by atoms with van der Waals surface area (Å²) in [7, 11) is 0. The zero-order valence-corrected chi connectivity index (χ0v) is 20.9. The van der Waals surface area contributed by atoms with Gasteiger partial charge >= 0.3 is 0 Å². The zero-order chi connectivity index (χ0) is 22.5. The number of fused-ring (bicyclic) bond motifs is 2. The molecule has 0 atom stereocenters. The molecule has 0 spiro atoms. The van der Waals surface area contributed by atoms with E-state index >= 15 is 0 Å². The molecular formula is C25H25N3OS3. The molecule has 0 aliphatic carbocycles. The molecule has 0 radical (unpaired) electrons. The lowest BCUT2D eigenvalue weighted by atomic mass is 9.81. The standard InChI is InChI=1S/C25H25N3OS3/c1-24(2)14-16-20(22-26-17-9-5-6-10-18(17)31-22)23(32-21(16)25(3,4)28-24)27-19(29)12-11-15-8-7-13-30-15/h5-13,28H,14H2,1-4H3,(H,27,29). The number of carbonyl (C=O) groups is 1. The second kappa shape index (κ2) is 7.92. The Morgan fingerprint density at radius 1 is 1.12 bits per heavy atom. The summed E-state index contributed by atoms with van der Waals surface area (Å²) >= 11 is 4.97. The van der Waals surface area contributed by atoms with Crippen LogP contribution in [0.25, 0.3) is 26.9 Å². The average molecular weight is 480 g/mol. The van der Waals surface area contributed by atoms with E-state index in [1.54, 1.807) is 40.1 Å². The third-order valence-electron chi connectivity index (χ3n) is 5.53. The highest BCUT2D eigenvalue weighted by molar-refractivity contribution is 7.23. The van der Waals surface area contributed by atoms with Crippen LogP contribution in [0, 0.1) is 0 Å². The second-order valence-corrected chi connectivity index (χ2v) is 12.3. The molecule has 0 saturated heterocycles. The van der Waals surface area contributed by atoms with E-state index in [9.17, 15) is 4.79 Å². The number of nitrogens with one attached hydrogen (secondary N) is 2. The number of carbonyl (C=O) groups excluding carboxylic acids is 1. The minimum Gasteiger partial charge on any atom is -0.313 e. The van der Waals surface area contributed by atoms with Crippen molar-refractivity contribution in [3.8, 4) is 10.6 Å². The molecule has 32 heavy (non-hydrogen) atoms. The average Bonchev–Trinajstić information content (AvgIpc) is 3.43. The highest BCUT2D eigenvalue weighted by Gasteiger charge is 2.41. The number of hydrogen-bond donors (Lipinski definition) is 2. The Hall–Kier alpha value is -2.32. The Labute approximate surface area is 200 Å². The van der Waals surface area contributed by atoms with Crippen LogP contribution in [0.1, 0.15) is 43.0 Å². The lowest BCUT2D eigenvalue weighted by Gasteiger charge is -2.42. The molecule has 0 bridgehead atoms. The van der Waals surface area contributed by atoms with Gasteiger partial charge in [-0.05, 0) is 69.3 Å². The van der Waals surface area contributed by atoms with Gasteiger partial charge in [0.15, 0.2) is 0 Å². The predicted molar refractivity (Wildman–Crippen MR) is 139 cm³/mol. The molecule has 1 amide bonds. The maximum atomic E-state index is 12.8. The molecule has 0 unspecified atom stereocenters. The van der Waals surface area contributed by atoms with E-state index in [1.807, 2.05) is 41.8 Å². The molecule has 1 aliphatic rings. The van der Waals surface area contributed by atoms with Crippen molar-refractivity contribution in [3.05, 3.63) is 63.2 Å². The fourth-order valence-corrected chi connectivity index (χ4v) is 7.53. The van der Waals surface area contributed by atoms with Crippen molar-refractivity contribution >= 4 is 61.2 Å². The quantitative estimate of drug-likeness (QED) is 0.313. The molecule has 1 aromatic carbocycles. The molecule has 4 aromatic rings. The summed E-state index contributed by atoms with van der Waals surface area (Å²) < 4.78 is 1.16. The minimum atomic E-state index is -0.192. The Balaban J connectivity index is 1.61. The normalized spacial score (nSPS) is 17.0. The SMILES string of the molecule is CC1(C)Cc2c(sc(NC(=O)C=Cc3cccs3)c2-c2nc3ccccc3s2)C(C)(C)N1. The number of para-hydroxylation sites is 1. The molecule has 0 saturated carbocycles. The van der Waals surface area contributed by atoms with Gasteiger partial charge in [0.25, 0.3) is 0 Å². The first-order chi connectivity index (χ1) is 15.2. The van der Waals surface area contributed by atoms with Crippen LogP contribution in [-0.4, -0.2) is 16.4 Å². The second-order valence-electron chi connectivity index (χ2n) is 9.25. The highest BCUT2D eigenvalue weighted by atomic mass is 32.1. The molecular weight excluding hydrogens is 454 g/mol. The molecule has 3 aromatic heterocycles. The Morgan fingerprint density at radius 3 is 2.69 bits per heavy atom. The lowest BCUT2D eigenvalue weighted by molar-refractivity contribution is -0.111. The van der Waals surface area contributed by atoms with Crippen LogP contribution in [0.15, 0.2) is 47.9 Å². The predicted octanol–water partition coefficient (Wildman–Crippen LogP) is 6.90. The number of thiazole rings is 1. The van der Waals surface area contributed by atoms with Crippen molar-refractivity contribution in [1.29, 1.82) is 0 Å². The summed E-state index contributed by atoms with van der Waals surface area (Å²) in [6, 6.07) is 12.2. The first kappa shape index (κ1) is 21.5. The van der Waals surface area contributed by atoms with Crippen LogP contribution in [-0.2, 0) is 16.8 Å². The maximum absolute atomic E-state index is 12.8. The van der Waals surface area contributed by atoms with Gasteiger partial charge in [-0.3, -0.25) is 4.79 Å². The third-order valence-corrected chi connectivity index (χ3v) is 8.89. The zero-order valence-electron chi connectivity index (χ0n) is 18.5. The first-order valence-corrected chi connectivity index (χ1v) is 13.1. The largest absolute Gasteiger partial charge is 0.313 e. The summed E-state index contributed by atoms with van der Waals surface area (Å²) in [6.45, 7) is 8.90. The first-order valence-electron chi connectivity index (χ1n) is 10.6. The van der Waals surface area contributed by atoms with Gasteiger partial charge in [-0.15, -0.1) is 34.0 Å². The van der Waals surface area contributed by atoms with Crippen LogP contribution in [0.5, 0.6) is 0 Å². The summed E-state index contributed by atoms with van der Waals surface area (Å²) in [5.74, 6) is -0.121. The van der Waals surface area contributed by atoms with Gasteiger partial charge in [0.1, 0.15) is 10.0 Å². The van der Waals surface area contributed by atoms with Crippen molar-refractivity contribution in [2.24, 2.45) is 0 Å². The van der Waals surface area contributed by atoms with E-state index in [2.05, 4.69) is 44.4 Å². The van der Waals surface area contributed by atoms with Crippen molar-refractivity contribution in [2.75, 3.05) is 5.32 Å². The van der Waals surface area contributed by atoms with Crippen LogP contribution in [0.2, 0.25) is 0 Å². The third kappa shape index (κ3) is 4.06. The summed E-state index contributed by atoms with van der Waals surface area (Å²) in [5.41, 5.74) is 3.12. The Bertz CT molecular complexity index is 1290. The topological polar surface area (TPSA) is 54.0 Å². The fourth-order valence-electron chi connectivity index (χ4n) is 4.52. The summed E-state index contributed by atoms with van der Waals surface area (Å²) in [4.78, 5) is 20.1. The van der Waals surface area contributed by atoms with Crippen LogP contribution >= 0.6 is 34.0 Å². The number of thiophene rings is 2. The molecule has 5 rings (SSSR count). The van der Waals surface area contributed by atoms with Gasteiger partial charge in [0.2, 0.25) is 5.91 Å². The van der Waals surface area contributed by atoms with E-state index < -0.39 is 0 Å². The molecule has 0 fully saturated rings. The number of nitrogens with zero attached hydrogens (tertiary/aromatic N) is 1. The van der Waals surface area contributed by atoms with Gasteiger partial charge in [0.05, 0.1) is 10.2 Å². The van der Waals surface area contributed by atoms with Crippen molar-refractivity contribution in [1.82, 2.24) is 10.3 Å². The van der Waals surface area contributed by atoms with E-state index in [0.29, 0.717) is 0 Å². The molecule has 7 heteroatoms. The van der Waals surface area contributed by atoms with Crippen LogP contribution in [0.4, 0.5) is 5.00 Å². The van der Waals surface area contributed by atoms with Gasteiger partial charge in [-0.25, -0.2) is 4.98 Å². The number of benzene rings is 1. The van der Waals surface area contributed by atoms with Gasteiger partial charge in [-0.1, -0.05) is 18.2 Å². The van der Waals surface area contributed by atoms with Crippen molar-refractivity contribution < 1.29 is 4.79 Å². The number of anilines is 1. The molecule has 1 aliphatic heterocycles. The molecule has 4 heterocycles. The van der Waals surface area contributed by atoms with E-state index in [1.165, 1.54) is 10.4 Å². The summed E-state index contributed by atoms with van der Waals surface area (Å²) in [6.07, 6.45) is 4.36. The molecule has 4 nitrogen and oxygen atoms in total. The molecule has 2 N–H and O–H groups in total. The van der Waals surface area contributed by atoms with E-state index in [0.717, 1.165) is 37.1 Å².